The second-order valence-electron chi connectivity index (χ2n) is 4.12. The van der Waals surface area contributed by atoms with Gasteiger partial charge in [0.25, 0.3) is 0 Å². The van der Waals surface area contributed by atoms with Gasteiger partial charge in [-0.3, -0.25) is 4.79 Å². The van der Waals surface area contributed by atoms with Gasteiger partial charge in [0, 0.05) is 15.1 Å². The molecule has 0 radical (unpaired) electrons. The predicted octanol–water partition coefficient (Wildman–Crippen LogP) is 5.86. The van der Waals surface area contributed by atoms with Gasteiger partial charge in [-0.05, 0) is 59.9 Å². The lowest BCUT2D eigenvalue weighted by molar-refractivity contribution is 0.103. The van der Waals surface area contributed by atoms with Crippen molar-refractivity contribution in [3.8, 4) is 0 Å². The van der Waals surface area contributed by atoms with Crippen LogP contribution < -0.4 is 0 Å². The number of carbonyl (C=O) groups excluding carboxylic acids is 1. The third-order valence-electron chi connectivity index (χ3n) is 2.85. The quantitative estimate of drug-likeness (QED) is 0.320. The molecular formula is C13H4Br3ClN2OS. The van der Waals surface area contributed by atoms with Crippen LogP contribution in [-0.2, 0) is 0 Å². The average Bonchev–Trinajstić information content (AvgIpc) is 2.95. The highest BCUT2D eigenvalue weighted by Gasteiger charge is 2.24. The fraction of sp³-hybridized carbons (Fsp3) is 0. The number of benzene rings is 2. The molecule has 1 heterocycles. The fourth-order valence-corrected chi connectivity index (χ4v) is 4.82. The molecule has 0 aliphatic carbocycles. The number of hydrogen-bond acceptors (Lipinski definition) is 4. The second-order valence-corrected chi connectivity index (χ2v) is 7.46. The number of fused-ring (bicyclic) bond motifs is 1. The molecule has 21 heavy (non-hydrogen) atoms. The topological polar surface area (TPSA) is 42.9 Å². The van der Waals surface area contributed by atoms with E-state index in [2.05, 4.69) is 56.5 Å². The number of nitrogens with zero attached hydrogens (tertiary/aromatic N) is 2. The van der Waals surface area contributed by atoms with Crippen LogP contribution >= 0.6 is 71.1 Å². The largest absolute Gasteiger partial charge is 0.289 e. The van der Waals surface area contributed by atoms with E-state index in [0.29, 0.717) is 40.6 Å². The average molecular weight is 511 g/mol. The molecule has 106 valence electrons. The molecule has 3 nitrogen and oxygen atoms in total. The van der Waals surface area contributed by atoms with Gasteiger partial charge in [-0.1, -0.05) is 23.7 Å². The van der Waals surface area contributed by atoms with E-state index in [1.807, 2.05) is 0 Å². The number of hydrogen-bond donors (Lipinski definition) is 0. The van der Waals surface area contributed by atoms with Gasteiger partial charge in [-0.15, -0.1) is 0 Å². The Morgan fingerprint density at radius 3 is 2.38 bits per heavy atom. The molecule has 0 aliphatic heterocycles. The highest BCUT2D eigenvalue weighted by atomic mass is 79.9. The van der Waals surface area contributed by atoms with Crippen LogP contribution in [0.25, 0.3) is 11.0 Å². The summed E-state index contributed by atoms with van der Waals surface area (Å²) in [5.74, 6) is -0.146. The number of rotatable bonds is 2. The molecule has 2 aromatic carbocycles. The second kappa shape index (κ2) is 6.04. The maximum absolute atomic E-state index is 12.8. The molecule has 0 fully saturated rings. The first kappa shape index (κ1) is 15.6. The van der Waals surface area contributed by atoms with Crippen LogP contribution in [0.2, 0.25) is 5.02 Å². The SMILES string of the molecule is O=C(c1cccc(Cl)c1)c1c(Br)c(Br)c2nsnc2c1Br. The Bertz CT molecular complexity index is 881. The van der Waals surface area contributed by atoms with Crippen molar-refractivity contribution in [1.82, 2.24) is 8.75 Å². The van der Waals surface area contributed by atoms with E-state index in [-0.39, 0.29) is 5.78 Å². The third-order valence-corrected chi connectivity index (χ3v) is 6.48. The molecule has 3 aromatic rings. The summed E-state index contributed by atoms with van der Waals surface area (Å²) in [5, 5.41) is 0.517. The Balaban J connectivity index is 2.27. The van der Waals surface area contributed by atoms with Crippen LogP contribution in [0.1, 0.15) is 15.9 Å². The highest BCUT2D eigenvalue weighted by Crippen LogP contribution is 2.40. The van der Waals surface area contributed by atoms with Crippen LogP contribution in [0.3, 0.4) is 0 Å². The number of ketones is 1. The first-order valence-corrected chi connectivity index (χ1v) is 9.08. The van der Waals surface area contributed by atoms with Crippen molar-refractivity contribution in [3.05, 3.63) is 53.8 Å². The lowest BCUT2D eigenvalue weighted by Crippen LogP contribution is -2.04. The highest BCUT2D eigenvalue weighted by molar-refractivity contribution is 9.13. The van der Waals surface area contributed by atoms with E-state index in [9.17, 15) is 4.79 Å². The first-order chi connectivity index (χ1) is 10.0. The molecule has 3 rings (SSSR count). The van der Waals surface area contributed by atoms with Crippen LogP contribution in [0, 0.1) is 0 Å². The van der Waals surface area contributed by atoms with Crippen molar-refractivity contribution in [1.29, 1.82) is 0 Å². The van der Waals surface area contributed by atoms with E-state index in [0.717, 1.165) is 11.7 Å². The smallest absolute Gasteiger partial charge is 0.195 e. The van der Waals surface area contributed by atoms with Gasteiger partial charge in [-0.2, -0.15) is 8.75 Å². The van der Waals surface area contributed by atoms with Crippen molar-refractivity contribution in [2.24, 2.45) is 0 Å². The van der Waals surface area contributed by atoms with Crippen LogP contribution in [0.4, 0.5) is 0 Å². The van der Waals surface area contributed by atoms with E-state index in [4.69, 9.17) is 11.6 Å². The monoisotopic (exact) mass is 508 g/mol. The molecule has 1 aromatic heterocycles. The number of carbonyl (C=O) groups is 1. The molecule has 0 saturated heterocycles. The minimum Gasteiger partial charge on any atom is -0.289 e. The standard InChI is InChI=1S/C13H4Br3ClN2OS/c14-8-7(13(20)5-2-1-3-6(17)4-5)9(15)11-12(10(8)16)19-21-18-11/h1-4H. The molecule has 0 N–H and O–H groups in total. The summed E-state index contributed by atoms with van der Waals surface area (Å²) >= 11 is 17.4. The molecule has 0 aliphatic rings. The van der Waals surface area contributed by atoms with Crippen LogP contribution in [0.5, 0.6) is 0 Å². The van der Waals surface area contributed by atoms with Crippen molar-refractivity contribution < 1.29 is 4.79 Å². The Labute approximate surface area is 154 Å². The van der Waals surface area contributed by atoms with E-state index < -0.39 is 0 Å². The molecule has 0 unspecified atom stereocenters. The fourth-order valence-electron chi connectivity index (χ4n) is 1.88. The van der Waals surface area contributed by atoms with Gasteiger partial charge in [-0.25, -0.2) is 0 Å². The van der Waals surface area contributed by atoms with Gasteiger partial charge >= 0.3 is 0 Å². The molecular weight excluding hydrogens is 507 g/mol. The van der Waals surface area contributed by atoms with E-state index >= 15 is 0 Å². The van der Waals surface area contributed by atoms with Gasteiger partial charge in [0.15, 0.2) is 5.78 Å². The zero-order valence-electron chi connectivity index (χ0n) is 10.0. The van der Waals surface area contributed by atoms with Gasteiger partial charge in [0.2, 0.25) is 0 Å². The van der Waals surface area contributed by atoms with E-state index in [1.165, 1.54) is 0 Å². The zero-order chi connectivity index (χ0) is 15.1. The minimum atomic E-state index is -0.146. The summed E-state index contributed by atoms with van der Waals surface area (Å²) in [7, 11) is 0. The van der Waals surface area contributed by atoms with Gasteiger partial charge in [0.1, 0.15) is 11.0 Å². The van der Waals surface area contributed by atoms with Gasteiger partial charge in [0.05, 0.1) is 26.2 Å². The molecule has 8 heteroatoms. The van der Waals surface area contributed by atoms with Crippen LogP contribution in [0.15, 0.2) is 37.7 Å². The lowest BCUT2D eigenvalue weighted by Gasteiger charge is -2.09. The summed E-state index contributed by atoms with van der Waals surface area (Å²) in [5.41, 5.74) is 2.37. The van der Waals surface area contributed by atoms with Crippen molar-refractivity contribution in [2.75, 3.05) is 0 Å². The number of halogens is 4. The summed E-state index contributed by atoms with van der Waals surface area (Å²) in [4.78, 5) is 12.8. The summed E-state index contributed by atoms with van der Waals surface area (Å²) < 4.78 is 10.4. The molecule has 0 bridgehead atoms. The van der Waals surface area contributed by atoms with Gasteiger partial charge < -0.3 is 0 Å². The van der Waals surface area contributed by atoms with E-state index in [1.54, 1.807) is 24.3 Å². The Morgan fingerprint density at radius 2 is 1.71 bits per heavy atom. The Hall–Kier alpha value is -0.340. The van der Waals surface area contributed by atoms with Crippen molar-refractivity contribution in [3.63, 3.8) is 0 Å². The Morgan fingerprint density at radius 1 is 1.05 bits per heavy atom. The number of aromatic nitrogens is 2. The molecule has 0 spiro atoms. The lowest BCUT2D eigenvalue weighted by atomic mass is 10.0. The molecule has 0 saturated carbocycles. The summed E-state index contributed by atoms with van der Waals surface area (Å²) in [6, 6.07) is 6.84. The predicted molar refractivity (Wildman–Crippen MR) is 95.4 cm³/mol. The summed E-state index contributed by atoms with van der Waals surface area (Å²) in [6.07, 6.45) is 0. The maximum atomic E-state index is 12.8. The first-order valence-electron chi connectivity index (χ1n) is 5.59. The molecule has 0 atom stereocenters. The third kappa shape index (κ3) is 2.70. The Kier molecular flexibility index (Phi) is 4.47. The normalized spacial score (nSPS) is 11.0. The van der Waals surface area contributed by atoms with Crippen molar-refractivity contribution >= 4 is 87.9 Å². The van der Waals surface area contributed by atoms with Crippen molar-refractivity contribution in [2.45, 2.75) is 0 Å². The maximum Gasteiger partial charge on any atom is 0.195 e. The van der Waals surface area contributed by atoms with Crippen LogP contribution in [-0.4, -0.2) is 14.5 Å². The molecule has 0 amide bonds. The zero-order valence-corrected chi connectivity index (χ0v) is 16.4. The minimum absolute atomic E-state index is 0.146. The summed E-state index contributed by atoms with van der Waals surface area (Å²) in [6.45, 7) is 0.